The summed E-state index contributed by atoms with van der Waals surface area (Å²) >= 11 is 1.30. The lowest BCUT2D eigenvalue weighted by Crippen LogP contribution is -2.14. The quantitative estimate of drug-likeness (QED) is 0.801. The lowest BCUT2D eigenvalue weighted by Gasteiger charge is -2.05. The summed E-state index contributed by atoms with van der Waals surface area (Å²) in [7, 11) is 1.60. The molecule has 7 heteroatoms. The van der Waals surface area contributed by atoms with E-state index in [2.05, 4.69) is 20.5 Å². The molecule has 0 spiro atoms. The minimum atomic E-state index is -0.0958. The Kier molecular flexibility index (Phi) is 4.19. The number of thioether (sulfide) groups is 1. The molecule has 0 radical (unpaired) electrons. The smallest absolute Gasteiger partial charge is 0.234 e. The molecule has 0 atom stereocenters. The Morgan fingerprint density at radius 1 is 1.44 bits per heavy atom. The zero-order valence-electron chi connectivity index (χ0n) is 9.71. The van der Waals surface area contributed by atoms with Crippen molar-refractivity contribution in [3.63, 3.8) is 0 Å². The third-order valence-corrected chi connectivity index (χ3v) is 2.98. The number of methoxy groups -OCH3 is 1. The van der Waals surface area contributed by atoms with Crippen LogP contribution in [0.5, 0.6) is 5.75 Å². The molecule has 1 aromatic heterocycles. The summed E-state index contributed by atoms with van der Waals surface area (Å²) < 4.78 is 5.03. The fourth-order valence-electron chi connectivity index (χ4n) is 1.27. The van der Waals surface area contributed by atoms with Gasteiger partial charge in [0.2, 0.25) is 5.91 Å². The van der Waals surface area contributed by atoms with Crippen molar-refractivity contribution in [1.82, 2.24) is 15.2 Å². The fraction of sp³-hybridized carbons (Fsp3) is 0.182. The average Bonchev–Trinajstić information content (AvgIpc) is 2.90. The summed E-state index contributed by atoms with van der Waals surface area (Å²) in [5, 5.41) is 9.78. The summed E-state index contributed by atoms with van der Waals surface area (Å²) in [5.41, 5.74) is 0.735. The number of hydrogen-bond donors (Lipinski definition) is 2. The molecule has 0 unspecified atom stereocenters. The topological polar surface area (TPSA) is 79.9 Å². The number of amides is 1. The normalized spacial score (nSPS) is 10.1. The zero-order valence-corrected chi connectivity index (χ0v) is 10.5. The molecule has 18 heavy (non-hydrogen) atoms. The number of H-pyrrole nitrogens is 1. The van der Waals surface area contributed by atoms with Crippen molar-refractivity contribution >= 4 is 23.4 Å². The number of benzene rings is 1. The summed E-state index contributed by atoms with van der Waals surface area (Å²) in [6.45, 7) is 0. The second-order valence-corrected chi connectivity index (χ2v) is 4.32. The lowest BCUT2D eigenvalue weighted by atomic mass is 10.3. The molecule has 0 aliphatic carbocycles. The predicted molar refractivity (Wildman–Crippen MR) is 68.7 cm³/mol. The van der Waals surface area contributed by atoms with Gasteiger partial charge in [0, 0.05) is 5.69 Å². The van der Waals surface area contributed by atoms with Crippen molar-refractivity contribution < 1.29 is 9.53 Å². The minimum Gasteiger partial charge on any atom is -0.497 e. The van der Waals surface area contributed by atoms with Gasteiger partial charge in [0.25, 0.3) is 0 Å². The maximum Gasteiger partial charge on any atom is 0.234 e. The average molecular weight is 264 g/mol. The van der Waals surface area contributed by atoms with Gasteiger partial charge in [0.15, 0.2) is 5.16 Å². The van der Waals surface area contributed by atoms with Crippen LogP contribution in [0.1, 0.15) is 0 Å². The van der Waals surface area contributed by atoms with Crippen LogP contribution in [0.4, 0.5) is 5.69 Å². The van der Waals surface area contributed by atoms with Crippen molar-refractivity contribution in [2.75, 3.05) is 18.2 Å². The largest absolute Gasteiger partial charge is 0.497 e. The monoisotopic (exact) mass is 264 g/mol. The molecule has 2 aromatic rings. The van der Waals surface area contributed by atoms with Gasteiger partial charge < -0.3 is 10.1 Å². The third-order valence-electron chi connectivity index (χ3n) is 2.11. The second kappa shape index (κ2) is 6.06. The standard InChI is InChI=1S/C11H12N4O2S/c1-17-9-4-2-8(3-5-9)14-10(16)6-18-11-12-7-13-15-11/h2-5,7H,6H2,1H3,(H,14,16)(H,12,13,15). The van der Waals surface area contributed by atoms with Crippen LogP contribution in [0, 0.1) is 0 Å². The van der Waals surface area contributed by atoms with Crippen LogP contribution in [0.3, 0.4) is 0 Å². The highest BCUT2D eigenvalue weighted by atomic mass is 32.2. The van der Waals surface area contributed by atoms with Crippen LogP contribution in [-0.4, -0.2) is 34.0 Å². The van der Waals surface area contributed by atoms with Crippen LogP contribution < -0.4 is 10.1 Å². The van der Waals surface area contributed by atoms with Gasteiger partial charge in [0.1, 0.15) is 12.1 Å². The summed E-state index contributed by atoms with van der Waals surface area (Å²) in [6, 6.07) is 7.16. The van der Waals surface area contributed by atoms with E-state index in [4.69, 9.17) is 4.74 Å². The van der Waals surface area contributed by atoms with Gasteiger partial charge in [-0.3, -0.25) is 9.89 Å². The van der Waals surface area contributed by atoms with Crippen LogP contribution in [0.25, 0.3) is 0 Å². The van der Waals surface area contributed by atoms with E-state index < -0.39 is 0 Å². The molecule has 1 amide bonds. The maximum absolute atomic E-state index is 11.6. The molecule has 6 nitrogen and oxygen atoms in total. The molecule has 0 aliphatic heterocycles. The van der Waals surface area contributed by atoms with Crippen molar-refractivity contribution in [2.24, 2.45) is 0 Å². The number of aromatic amines is 1. The molecular weight excluding hydrogens is 252 g/mol. The number of rotatable bonds is 5. The first-order valence-corrected chi connectivity index (χ1v) is 6.18. The highest BCUT2D eigenvalue weighted by Crippen LogP contribution is 2.16. The first-order valence-electron chi connectivity index (χ1n) is 5.20. The number of hydrogen-bond acceptors (Lipinski definition) is 5. The summed E-state index contributed by atoms with van der Waals surface area (Å²) in [6.07, 6.45) is 1.41. The molecule has 0 aliphatic rings. The highest BCUT2D eigenvalue weighted by Gasteiger charge is 2.05. The van der Waals surface area contributed by atoms with Crippen LogP contribution >= 0.6 is 11.8 Å². The molecule has 2 rings (SSSR count). The molecule has 94 valence electrons. The van der Waals surface area contributed by atoms with Crippen molar-refractivity contribution in [3.8, 4) is 5.75 Å². The number of ether oxygens (including phenoxy) is 1. The fourth-order valence-corrected chi connectivity index (χ4v) is 1.85. The van der Waals surface area contributed by atoms with Crippen molar-refractivity contribution in [1.29, 1.82) is 0 Å². The molecule has 0 bridgehead atoms. The first kappa shape index (κ1) is 12.4. The van der Waals surface area contributed by atoms with Crippen molar-refractivity contribution in [3.05, 3.63) is 30.6 Å². The Bertz CT molecular complexity index is 498. The van der Waals surface area contributed by atoms with E-state index in [1.54, 1.807) is 31.4 Å². The Morgan fingerprint density at radius 3 is 2.83 bits per heavy atom. The van der Waals surface area contributed by atoms with Crippen LogP contribution in [0.15, 0.2) is 35.7 Å². The molecule has 2 N–H and O–H groups in total. The first-order chi connectivity index (χ1) is 8.78. The van der Waals surface area contributed by atoms with E-state index in [0.717, 1.165) is 11.4 Å². The van der Waals surface area contributed by atoms with Gasteiger partial charge >= 0.3 is 0 Å². The van der Waals surface area contributed by atoms with Crippen LogP contribution in [0.2, 0.25) is 0 Å². The number of anilines is 1. The number of nitrogens with one attached hydrogen (secondary N) is 2. The number of carbonyl (C=O) groups excluding carboxylic acids is 1. The molecule has 0 saturated carbocycles. The summed E-state index contributed by atoms with van der Waals surface area (Å²) in [5.74, 6) is 0.937. The predicted octanol–water partition coefficient (Wildman–Crippen LogP) is 1.54. The number of nitrogens with zero attached hydrogens (tertiary/aromatic N) is 2. The molecule has 1 heterocycles. The van der Waals surface area contributed by atoms with E-state index in [0.29, 0.717) is 5.16 Å². The zero-order chi connectivity index (χ0) is 12.8. The van der Waals surface area contributed by atoms with E-state index in [1.165, 1.54) is 18.1 Å². The number of aromatic nitrogens is 3. The highest BCUT2D eigenvalue weighted by molar-refractivity contribution is 7.99. The Hall–Kier alpha value is -2.02. The Balaban J connectivity index is 1.83. The SMILES string of the molecule is COc1ccc(NC(=O)CSc2ncn[nH]2)cc1. The Labute approximate surface area is 108 Å². The number of carbonyl (C=O) groups is 1. The van der Waals surface area contributed by atoms with Crippen LogP contribution in [-0.2, 0) is 4.79 Å². The van der Waals surface area contributed by atoms with Gasteiger partial charge in [-0.25, -0.2) is 4.98 Å². The van der Waals surface area contributed by atoms with Gasteiger partial charge in [0.05, 0.1) is 12.9 Å². The van der Waals surface area contributed by atoms with Gasteiger partial charge in [-0.2, -0.15) is 5.10 Å². The second-order valence-electron chi connectivity index (χ2n) is 3.36. The van der Waals surface area contributed by atoms with Gasteiger partial charge in [-0.15, -0.1) is 0 Å². The minimum absolute atomic E-state index is 0.0958. The molecule has 1 aromatic carbocycles. The van der Waals surface area contributed by atoms with Gasteiger partial charge in [-0.1, -0.05) is 11.8 Å². The van der Waals surface area contributed by atoms with Gasteiger partial charge in [-0.05, 0) is 24.3 Å². The third kappa shape index (κ3) is 3.49. The van der Waals surface area contributed by atoms with Crippen molar-refractivity contribution in [2.45, 2.75) is 5.16 Å². The lowest BCUT2D eigenvalue weighted by molar-refractivity contribution is -0.113. The van der Waals surface area contributed by atoms with E-state index in [9.17, 15) is 4.79 Å². The molecule has 0 fully saturated rings. The van der Waals surface area contributed by atoms with E-state index in [-0.39, 0.29) is 11.7 Å². The Morgan fingerprint density at radius 2 is 2.22 bits per heavy atom. The summed E-state index contributed by atoms with van der Waals surface area (Å²) in [4.78, 5) is 15.6. The van der Waals surface area contributed by atoms with E-state index in [1.807, 2.05) is 0 Å². The molecular formula is C11H12N4O2S. The van der Waals surface area contributed by atoms with E-state index >= 15 is 0 Å². The maximum atomic E-state index is 11.6. The molecule has 0 saturated heterocycles.